The predicted molar refractivity (Wildman–Crippen MR) is 75.5 cm³/mol. The van der Waals surface area contributed by atoms with Crippen LogP contribution in [-0.2, 0) is 4.79 Å². The third-order valence-corrected chi connectivity index (χ3v) is 3.73. The lowest BCUT2D eigenvalue weighted by Gasteiger charge is -2.36. The fraction of sp³-hybridized carbons (Fsp3) is 0.500. The van der Waals surface area contributed by atoms with Crippen molar-refractivity contribution in [1.82, 2.24) is 10.6 Å². The highest BCUT2D eigenvalue weighted by Gasteiger charge is 2.38. The first kappa shape index (κ1) is 13.8. The van der Waals surface area contributed by atoms with Crippen molar-refractivity contribution in [3.05, 3.63) is 24.3 Å². The van der Waals surface area contributed by atoms with Crippen molar-refractivity contribution in [2.24, 2.45) is 0 Å². The number of nitrogens with one attached hydrogen (secondary N) is 3. The molecule has 0 unspecified atom stereocenters. The summed E-state index contributed by atoms with van der Waals surface area (Å²) in [6, 6.07) is 7.45. The molecule has 3 N–H and O–H groups in total. The largest absolute Gasteiger partial charge is 0.495 e. The van der Waals surface area contributed by atoms with E-state index in [1.165, 1.54) is 0 Å². The Morgan fingerprint density at radius 1 is 1.32 bits per heavy atom. The van der Waals surface area contributed by atoms with Crippen molar-refractivity contribution in [3.8, 4) is 5.75 Å². The van der Waals surface area contributed by atoms with Crippen LogP contribution in [0.3, 0.4) is 0 Å². The molecule has 1 amide bonds. The Morgan fingerprint density at radius 2 is 2.00 bits per heavy atom. The Balaban J connectivity index is 2.15. The number of methoxy groups -OCH3 is 1. The molecule has 5 nitrogen and oxygen atoms in total. The fourth-order valence-electron chi connectivity index (χ4n) is 2.43. The summed E-state index contributed by atoms with van der Waals surface area (Å²) in [5.74, 6) is 0.678. The molecule has 0 radical (unpaired) electrons. The average Bonchev–Trinajstić information content (AvgIpc) is 2.48. The van der Waals surface area contributed by atoms with E-state index in [9.17, 15) is 4.79 Å². The maximum absolute atomic E-state index is 12.5. The van der Waals surface area contributed by atoms with Gasteiger partial charge in [0.05, 0.1) is 12.8 Å². The number of hydrogen-bond acceptors (Lipinski definition) is 4. The van der Waals surface area contributed by atoms with Crippen LogP contribution in [0.2, 0.25) is 0 Å². The van der Waals surface area contributed by atoms with E-state index in [0.717, 1.165) is 25.9 Å². The van der Waals surface area contributed by atoms with Crippen molar-refractivity contribution in [2.75, 3.05) is 32.6 Å². The fourth-order valence-corrected chi connectivity index (χ4v) is 2.43. The molecular weight excluding hydrogens is 242 g/mol. The van der Waals surface area contributed by atoms with Crippen LogP contribution in [0.1, 0.15) is 12.8 Å². The van der Waals surface area contributed by atoms with E-state index in [0.29, 0.717) is 11.4 Å². The van der Waals surface area contributed by atoms with Gasteiger partial charge in [0.25, 0.3) is 0 Å². The van der Waals surface area contributed by atoms with Gasteiger partial charge in [0, 0.05) is 0 Å². The minimum atomic E-state index is -0.494. The molecule has 5 heteroatoms. The zero-order valence-corrected chi connectivity index (χ0v) is 11.5. The average molecular weight is 263 g/mol. The number of likely N-dealkylation sites (N-methyl/N-ethyl adjacent to an activating group) is 1. The molecule has 1 aromatic rings. The van der Waals surface area contributed by atoms with Gasteiger partial charge in [0.1, 0.15) is 11.3 Å². The van der Waals surface area contributed by atoms with Gasteiger partial charge in [0.15, 0.2) is 0 Å². The third-order valence-electron chi connectivity index (χ3n) is 3.73. The van der Waals surface area contributed by atoms with E-state index in [1.807, 2.05) is 31.3 Å². The van der Waals surface area contributed by atoms with E-state index in [4.69, 9.17) is 4.74 Å². The number of amides is 1. The summed E-state index contributed by atoms with van der Waals surface area (Å²) in [6.07, 6.45) is 1.56. The molecule has 2 rings (SSSR count). The number of rotatable bonds is 4. The second-order valence-electron chi connectivity index (χ2n) is 4.74. The van der Waals surface area contributed by atoms with Crippen LogP contribution >= 0.6 is 0 Å². The Hall–Kier alpha value is -1.59. The summed E-state index contributed by atoms with van der Waals surface area (Å²) in [5, 5.41) is 9.42. The second-order valence-corrected chi connectivity index (χ2v) is 4.74. The normalized spacial score (nSPS) is 17.8. The minimum absolute atomic E-state index is 0.000926. The number of carbonyl (C=O) groups is 1. The highest BCUT2D eigenvalue weighted by Crippen LogP contribution is 2.26. The van der Waals surface area contributed by atoms with Crippen LogP contribution < -0.4 is 20.7 Å². The number of hydrogen-bond donors (Lipinski definition) is 3. The van der Waals surface area contributed by atoms with Gasteiger partial charge in [-0.3, -0.25) is 4.79 Å². The number of anilines is 1. The molecule has 0 spiro atoms. The molecule has 0 saturated carbocycles. The summed E-state index contributed by atoms with van der Waals surface area (Å²) in [7, 11) is 3.44. The molecule has 0 bridgehead atoms. The quantitative estimate of drug-likeness (QED) is 0.757. The van der Waals surface area contributed by atoms with Gasteiger partial charge in [-0.15, -0.1) is 0 Å². The summed E-state index contributed by atoms with van der Waals surface area (Å²) in [6.45, 7) is 1.69. The van der Waals surface area contributed by atoms with E-state index in [1.54, 1.807) is 7.11 Å². The number of carbonyl (C=O) groups excluding carboxylic acids is 1. The van der Waals surface area contributed by atoms with Crippen LogP contribution in [0.25, 0.3) is 0 Å². The second kappa shape index (κ2) is 6.04. The highest BCUT2D eigenvalue weighted by molar-refractivity contribution is 5.99. The molecule has 1 fully saturated rings. The lowest BCUT2D eigenvalue weighted by Crippen LogP contribution is -2.58. The minimum Gasteiger partial charge on any atom is -0.495 e. The van der Waals surface area contributed by atoms with Crippen LogP contribution in [0.5, 0.6) is 5.75 Å². The number of piperidine rings is 1. The SMILES string of the molecule is CNC1(C(=O)Nc2ccccc2OC)CCNCC1. The Labute approximate surface area is 113 Å². The van der Waals surface area contributed by atoms with Gasteiger partial charge in [0.2, 0.25) is 5.91 Å². The summed E-state index contributed by atoms with van der Waals surface area (Å²) in [4.78, 5) is 12.5. The Morgan fingerprint density at radius 3 is 2.63 bits per heavy atom. The lowest BCUT2D eigenvalue weighted by atomic mass is 9.87. The molecule has 1 heterocycles. The Bertz CT molecular complexity index is 442. The van der Waals surface area contributed by atoms with E-state index in [2.05, 4.69) is 16.0 Å². The van der Waals surface area contributed by atoms with Crippen molar-refractivity contribution < 1.29 is 9.53 Å². The summed E-state index contributed by atoms with van der Waals surface area (Å²) >= 11 is 0. The van der Waals surface area contributed by atoms with E-state index < -0.39 is 5.54 Å². The topological polar surface area (TPSA) is 62.4 Å². The lowest BCUT2D eigenvalue weighted by molar-refractivity contribution is -0.123. The molecule has 0 aromatic heterocycles. The van der Waals surface area contributed by atoms with Gasteiger partial charge < -0.3 is 20.7 Å². The van der Waals surface area contributed by atoms with Crippen molar-refractivity contribution >= 4 is 11.6 Å². The third kappa shape index (κ3) is 2.88. The van der Waals surface area contributed by atoms with Gasteiger partial charge in [-0.25, -0.2) is 0 Å². The van der Waals surface area contributed by atoms with Crippen LogP contribution in [0.4, 0.5) is 5.69 Å². The Kier molecular flexibility index (Phi) is 4.39. The van der Waals surface area contributed by atoms with Crippen molar-refractivity contribution in [3.63, 3.8) is 0 Å². The van der Waals surface area contributed by atoms with Gasteiger partial charge >= 0.3 is 0 Å². The molecular formula is C14H21N3O2. The number of ether oxygens (including phenoxy) is 1. The van der Waals surface area contributed by atoms with Gasteiger partial charge in [-0.1, -0.05) is 12.1 Å². The van der Waals surface area contributed by atoms with Crippen LogP contribution in [-0.4, -0.2) is 38.7 Å². The maximum atomic E-state index is 12.5. The van der Waals surface area contributed by atoms with E-state index >= 15 is 0 Å². The standard InChI is InChI=1S/C14H21N3O2/c1-15-14(7-9-16-10-8-14)13(18)17-11-5-3-4-6-12(11)19-2/h3-6,15-16H,7-10H2,1-2H3,(H,17,18). The van der Waals surface area contributed by atoms with Crippen molar-refractivity contribution in [1.29, 1.82) is 0 Å². The zero-order valence-electron chi connectivity index (χ0n) is 11.5. The molecule has 1 aromatic carbocycles. The van der Waals surface area contributed by atoms with Gasteiger partial charge in [-0.2, -0.15) is 0 Å². The summed E-state index contributed by atoms with van der Waals surface area (Å²) < 4.78 is 5.25. The molecule has 0 atom stereocenters. The van der Waals surface area contributed by atoms with E-state index in [-0.39, 0.29) is 5.91 Å². The number of benzene rings is 1. The van der Waals surface area contributed by atoms with Crippen LogP contribution in [0, 0.1) is 0 Å². The molecule has 19 heavy (non-hydrogen) atoms. The zero-order chi connectivity index (χ0) is 13.7. The first-order valence-electron chi connectivity index (χ1n) is 6.56. The van der Waals surface area contributed by atoms with Gasteiger partial charge in [-0.05, 0) is 45.1 Å². The maximum Gasteiger partial charge on any atom is 0.244 e. The molecule has 1 saturated heterocycles. The predicted octanol–water partition coefficient (Wildman–Crippen LogP) is 0.975. The van der Waals surface area contributed by atoms with Crippen LogP contribution in [0.15, 0.2) is 24.3 Å². The molecule has 1 aliphatic rings. The first-order valence-corrected chi connectivity index (χ1v) is 6.56. The number of para-hydroxylation sites is 2. The monoisotopic (exact) mass is 263 g/mol. The molecule has 0 aliphatic carbocycles. The molecule has 1 aliphatic heterocycles. The smallest absolute Gasteiger partial charge is 0.244 e. The summed E-state index contributed by atoms with van der Waals surface area (Å²) in [5.41, 5.74) is 0.217. The highest BCUT2D eigenvalue weighted by atomic mass is 16.5. The molecule has 104 valence electrons. The van der Waals surface area contributed by atoms with Crippen molar-refractivity contribution in [2.45, 2.75) is 18.4 Å². The first-order chi connectivity index (χ1) is 9.22.